The topological polar surface area (TPSA) is 178 Å². The summed E-state index contributed by atoms with van der Waals surface area (Å²) in [5, 5.41) is 28.4. The Hall–Kier alpha value is -4.85. The Labute approximate surface area is 317 Å². The van der Waals surface area contributed by atoms with Crippen LogP contribution in [0.3, 0.4) is 0 Å². The van der Waals surface area contributed by atoms with Gasteiger partial charge in [-0.1, -0.05) is 50.3 Å². The van der Waals surface area contributed by atoms with E-state index in [9.17, 15) is 29.4 Å². The fraction of sp³-hybridized carbons (Fsp3) is 0.452. The Bertz CT molecular complexity index is 2110. The van der Waals surface area contributed by atoms with Gasteiger partial charge in [0, 0.05) is 46.8 Å². The summed E-state index contributed by atoms with van der Waals surface area (Å²) in [7, 11) is 0. The first-order valence-electron chi connectivity index (χ1n) is 18.5. The summed E-state index contributed by atoms with van der Waals surface area (Å²) in [4.78, 5) is 55.7. The maximum absolute atomic E-state index is 17.4. The molecule has 4 aliphatic carbocycles. The van der Waals surface area contributed by atoms with E-state index in [2.05, 4.69) is 10.3 Å². The SMILES string of the molecule is C[C@H]1C[C@H]2[C@@H]3C[C@H](F)C4=CC(=O)C=C[C@]4(C)[C@@]3(F)[C@@H](O)C[C@]2(C)[C@@]1(O)C(=O)COC(=O)OCc1ccc([C@@H](CN)C(=O)Nc2ccc3cnccc3c2)cc1. The van der Waals surface area contributed by atoms with Crippen molar-refractivity contribution in [2.24, 2.45) is 34.3 Å². The number of anilines is 1. The maximum atomic E-state index is 17.4. The number of nitrogens with zero attached hydrogens (tertiary/aromatic N) is 1. The van der Waals surface area contributed by atoms with Crippen LogP contribution in [0.4, 0.5) is 19.3 Å². The Morgan fingerprint density at radius 1 is 1.05 bits per heavy atom. The molecule has 3 aromatic rings. The van der Waals surface area contributed by atoms with Gasteiger partial charge in [-0.3, -0.25) is 19.4 Å². The highest BCUT2D eigenvalue weighted by atomic mass is 19.1. The van der Waals surface area contributed by atoms with E-state index in [0.29, 0.717) is 16.8 Å². The summed E-state index contributed by atoms with van der Waals surface area (Å²) in [6.45, 7) is 3.71. The van der Waals surface area contributed by atoms with Crippen molar-refractivity contribution >= 4 is 40.1 Å². The first-order valence-corrected chi connectivity index (χ1v) is 18.5. The van der Waals surface area contributed by atoms with Crippen molar-refractivity contribution in [3.63, 3.8) is 0 Å². The van der Waals surface area contributed by atoms with Crippen LogP contribution in [0.15, 0.2) is 84.7 Å². The van der Waals surface area contributed by atoms with E-state index in [1.54, 1.807) is 56.6 Å². The zero-order valence-corrected chi connectivity index (χ0v) is 30.8. The normalized spacial score (nSPS) is 34.1. The highest BCUT2D eigenvalue weighted by molar-refractivity contribution is 6.01. The fourth-order valence-corrected chi connectivity index (χ4v) is 10.2. The number of nitrogens with one attached hydrogen (secondary N) is 1. The summed E-state index contributed by atoms with van der Waals surface area (Å²) in [6.07, 6.45) is 2.06. The molecule has 3 fully saturated rings. The summed E-state index contributed by atoms with van der Waals surface area (Å²) >= 11 is 0. The van der Waals surface area contributed by atoms with Crippen LogP contribution >= 0.6 is 0 Å². The summed E-state index contributed by atoms with van der Waals surface area (Å²) in [5.41, 5.74) is 0.332. The number of Topliss-reactive ketones (excluding diaryl/α,β-unsaturated/α-hetero) is 1. The van der Waals surface area contributed by atoms with Gasteiger partial charge in [0.1, 0.15) is 18.4 Å². The number of halogens is 2. The van der Waals surface area contributed by atoms with Crippen molar-refractivity contribution < 1.29 is 47.6 Å². The molecule has 0 spiro atoms. The molecule has 1 aromatic heterocycles. The van der Waals surface area contributed by atoms with Gasteiger partial charge in [0.2, 0.25) is 11.7 Å². The van der Waals surface area contributed by atoms with Crippen molar-refractivity contribution in [1.82, 2.24) is 4.98 Å². The van der Waals surface area contributed by atoms with Crippen LogP contribution in [-0.2, 0) is 30.5 Å². The van der Waals surface area contributed by atoms with Gasteiger partial charge in [-0.2, -0.15) is 0 Å². The average molecular weight is 758 g/mol. The van der Waals surface area contributed by atoms with Crippen molar-refractivity contribution in [2.45, 2.75) is 76.1 Å². The van der Waals surface area contributed by atoms with Gasteiger partial charge in [0.15, 0.2) is 18.1 Å². The van der Waals surface area contributed by atoms with Crippen LogP contribution in [-0.4, -0.2) is 75.5 Å². The highest BCUT2D eigenvalue weighted by Gasteiger charge is 2.76. The Morgan fingerprint density at radius 2 is 1.80 bits per heavy atom. The van der Waals surface area contributed by atoms with Crippen molar-refractivity contribution in [1.29, 1.82) is 0 Å². The lowest BCUT2D eigenvalue weighted by Crippen LogP contribution is -2.70. The molecule has 11 nitrogen and oxygen atoms in total. The number of allylic oxidation sites excluding steroid dienone is 4. The lowest BCUT2D eigenvalue weighted by Gasteiger charge is -2.63. The quantitative estimate of drug-likeness (QED) is 0.206. The van der Waals surface area contributed by atoms with Crippen LogP contribution in [0.2, 0.25) is 0 Å². The number of alkyl halides is 2. The number of fused-ring (bicyclic) bond motifs is 6. The second-order valence-corrected chi connectivity index (χ2v) is 16.0. The van der Waals surface area contributed by atoms with Gasteiger partial charge in [-0.25, -0.2) is 13.6 Å². The molecule has 290 valence electrons. The number of carbonyl (C=O) groups is 4. The molecule has 4 aliphatic rings. The smallest absolute Gasteiger partial charge is 0.429 e. The minimum Gasteiger partial charge on any atom is -0.429 e. The molecule has 2 aromatic carbocycles. The monoisotopic (exact) mass is 757 g/mol. The van der Waals surface area contributed by atoms with Crippen LogP contribution in [0, 0.1) is 28.6 Å². The zero-order chi connectivity index (χ0) is 39.5. The third kappa shape index (κ3) is 6.07. The Kier molecular flexibility index (Phi) is 9.80. The van der Waals surface area contributed by atoms with Crippen LogP contribution < -0.4 is 11.1 Å². The molecule has 10 atom stereocenters. The van der Waals surface area contributed by atoms with Crippen molar-refractivity contribution in [2.75, 3.05) is 18.5 Å². The second-order valence-electron chi connectivity index (χ2n) is 16.0. The Balaban J connectivity index is 0.964. The molecule has 0 aliphatic heterocycles. The molecule has 13 heteroatoms. The van der Waals surface area contributed by atoms with E-state index < -0.39 is 82.4 Å². The molecule has 0 radical (unpaired) electrons. The first kappa shape index (κ1) is 38.4. The number of benzene rings is 2. The van der Waals surface area contributed by atoms with Crippen LogP contribution in [0.1, 0.15) is 57.1 Å². The maximum Gasteiger partial charge on any atom is 0.509 e. The van der Waals surface area contributed by atoms with Gasteiger partial charge in [0.05, 0.1) is 12.0 Å². The predicted octanol–water partition coefficient (Wildman–Crippen LogP) is 5.43. The zero-order valence-electron chi connectivity index (χ0n) is 30.8. The average Bonchev–Trinajstić information content (AvgIpc) is 3.37. The van der Waals surface area contributed by atoms with Gasteiger partial charge >= 0.3 is 6.16 Å². The number of hydrogen-bond acceptors (Lipinski definition) is 10. The molecule has 1 heterocycles. The van der Waals surface area contributed by atoms with Gasteiger partial charge in [0.25, 0.3) is 0 Å². The number of amides is 1. The lowest BCUT2D eigenvalue weighted by atomic mass is 9.44. The summed E-state index contributed by atoms with van der Waals surface area (Å²) < 4.78 is 43.6. The van der Waals surface area contributed by atoms with Gasteiger partial charge < -0.3 is 30.7 Å². The third-order valence-corrected chi connectivity index (χ3v) is 13.2. The van der Waals surface area contributed by atoms with E-state index in [-0.39, 0.29) is 43.9 Å². The highest BCUT2D eigenvalue weighted by Crippen LogP contribution is 2.71. The number of ether oxygens (including phenoxy) is 2. The van der Waals surface area contributed by atoms with E-state index >= 15 is 8.78 Å². The number of aliphatic hydroxyl groups excluding tert-OH is 1. The van der Waals surface area contributed by atoms with Gasteiger partial charge in [-0.15, -0.1) is 0 Å². The van der Waals surface area contributed by atoms with E-state index in [1.165, 1.54) is 19.1 Å². The minimum absolute atomic E-state index is 0.0139. The number of hydrogen-bond donors (Lipinski definition) is 4. The fourth-order valence-electron chi connectivity index (χ4n) is 10.2. The van der Waals surface area contributed by atoms with Crippen LogP contribution in [0.25, 0.3) is 10.8 Å². The van der Waals surface area contributed by atoms with E-state index in [4.69, 9.17) is 15.2 Å². The van der Waals surface area contributed by atoms with Crippen molar-refractivity contribution in [3.8, 4) is 0 Å². The molecular weight excluding hydrogens is 712 g/mol. The Morgan fingerprint density at radius 3 is 2.53 bits per heavy atom. The summed E-state index contributed by atoms with van der Waals surface area (Å²) in [5.74, 6) is -4.74. The standard InChI is InChI=1S/C42H45F2N3O8/c1-23-14-31-32-17-34(43)33-16-29(48)10-12-39(33,2)41(32,44)35(49)18-40(31,3)42(23,53)36(50)22-55-38(52)54-21-24-4-6-25(7-5-24)30(19-45)37(51)47-28-9-8-27-20-46-13-11-26(27)15-28/h4-13,15-16,20,23,30-32,34-35,49,53H,14,17-19,21-22,45H2,1-3H3,(H,47,51)/t23-,30+,31-,32-,34-,35-,39-,40-,41-,42-/m0/s1. The first-order chi connectivity index (χ1) is 26.1. The number of aliphatic hydroxyl groups is 2. The molecule has 3 saturated carbocycles. The van der Waals surface area contributed by atoms with Crippen LogP contribution in [0.5, 0.6) is 0 Å². The minimum atomic E-state index is -2.36. The molecule has 55 heavy (non-hydrogen) atoms. The number of aromatic nitrogens is 1. The molecule has 7 rings (SSSR count). The van der Waals surface area contributed by atoms with Crippen molar-refractivity contribution in [3.05, 3.63) is 95.9 Å². The molecule has 1 amide bonds. The second kappa shape index (κ2) is 14.0. The number of rotatable bonds is 9. The molecule has 0 bridgehead atoms. The number of ketones is 2. The largest absolute Gasteiger partial charge is 0.509 e. The molecule has 0 unspecified atom stereocenters. The predicted molar refractivity (Wildman–Crippen MR) is 198 cm³/mol. The summed E-state index contributed by atoms with van der Waals surface area (Å²) in [6, 6.07) is 14.1. The van der Waals surface area contributed by atoms with Gasteiger partial charge in [-0.05, 0) is 90.5 Å². The number of carbonyl (C=O) groups excluding carboxylic acids is 4. The third-order valence-electron chi connectivity index (χ3n) is 13.2. The van der Waals surface area contributed by atoms with E-state index in [0.717, 1.165) is 16.8 Å². The lowest BCUT2D eigenvalue weighted by molar-refractivity contribution is -0.224. The molecule has 5 N–H and O–H groups in total. The molecular formula is C42H45F2N3O8. The molecule has 0 saturated heterocycles. The number of nitrogens with two attached hydrogens (primary N) is 1. The number of pyridine rings is 1. The van der Waals surface area contributed by atoms with E-state index in [1.807, 2.05) is 18.2 Å².